The van der Waals surface area contributed by atoms with Gasteiger partial charge in [0.25, 0.3) is 0 Å². The van der Waals surface area contributed by atoms with Crippen molar-refractivity contribution in [3.63, 3.8) is 0 Å². The Hall–Kier alpha value is -2.95. The van der Waals surface area contributed by atoms with Gasteiger partial charge in [-0.1, -0.05) is 52.7 Å². The minimum atomic E-state index is -3.79. The molecular weight excluding hydrogens is 643 g/mol. The molecule has 276 valence electrons. The summed E-state index contributed by atoms with van der Waals surface area (Å²) in [6, 6.07) is 7.72. The molecule has 0 spiro atoms. The van der Waals surface area contributed by atoms with E-state index in [9.17, 15) is 19.3 Å². The third kappa shape index (κ3) is 14.4. The van der Waals surface area contributed by atoms with Crippen LogP contribution in [0.5, 0.6) is 11.5 Å². The Morgan fingerprint density at radius 2 is 1.35 bits per heavy atom. The Bertz CT molecular complexity index is 1310. The molecule has 0 bridgehead atoms. The highest BCUT2D eigenvalue weighted by molar-refractivity contribution is 7.59. The van der Waals surface area contributed by atoms with E-state index in [0.29, 0.717) is 82.4 Å². The lowest BCUT2D eigenvalue weighted by Crippen LogP contribution is -2.45. The molecule has 12 heteroatoms. The second-order valence-corrected chi connectivity index (χ2v) is 15.3. The van der Waals surface area contributed by atoms with Gasteiger partial charge in [0.2, 0.25) is 7.44 Å². The molecule has 0 heterocycles. The van der Waals surface area contributed by atoms with Crippen LogP contribution in [0, 0.1) is 13.8 Å². The summed E-state index contributed by atoms with van der Waals surface area (Å²) in [5, 5.41) is 16.4. The molecule has 2 aromatic carbocycles. The van der Waals surface area contributed by atoms with E-state index in [2.05, 4.69) is 24.0 Å². The summed E-state index contributed by atoms with van der Waals surface area (Å²) in [6.07, 6.45) is 4.96. The Morgan fingerprint density at radius 3 is 1.80 bits per heavy atom. The van der Waals surface area contributed by atoms with Gasteiger partial charge in [-0.15, -0.1) is 0 Å². The number of rotatable bonds is 24. The highest BCUT2D eigenvalue weighted by Gasteiger charge is 2.36. The van der Waals surface area contributed by atoms with Crippen LogP contribution in [0.4, 0.5) is 0 Å². The van der Waals surface area contributed by atoms with Gasteiger partial charge in [-0.05, 0) is 124 Å². The van der Waals surface area contributed by atoms with Crippen molar-refractivity contribution in [2.24, 2.45) is 11.5 Å². The van der Waals surface area contributed by atoms with Crippen molar-refractivity contribution in [1.29, 1.82) is 0 Å². The summed E-state index contributed by atoms with van der Waals surface area (Å²) in [4.78, 5) is 26.3. The van der Waals surface area contributed by atoms with Crippen molar-refractivity contribution < 1.29 is 33.5 Å². The average Bonchev–Trinajstić information content (AvgIpc) is 3.06. The van der Waals surface area contributed by atoms with Crippen molar-refractivity contribution in [3.8, 4) is 11.5 Å². The fourth-order valence-electron chi connectivity index (χ4n) is 5.54. The predicted octanol–water partition coefficient (Wildman–Crippen LogP) is 6.33. The molecule has 0 aliphatic heterocycles. The standard InChI is InChI=1S/C37H61N4O7P/c1-7-19-46-36(43)33(13-9-11-17-38)40-49(45,41-34(14-10-12-18-39)37(44)47-20-8-2)25-48-30-21-27(5)32(28(6)22-30)24-29-15-16-35(42)31(23-29)26(3)4/h15-16,21-23,26,33-34,42H,7-14,17-20,24-25,38-39H2,1-6H3,(H2,40,41,45). The number of benzene rings is 2. The number of unbranched alkanes of at least 4 members (excludes halogenated alkanes) is 2. The number of carbonyl (C=O) groups is 2. The lowest BCUT2D eigenvalue weighted by molar-refractivity contribution is -0.146. The highest BCUT2D eigenvalue weighted by Crippen LogP contribution is 2.40. The van der Waals surface area contributed by atoms with E-state index in [0.717, 1.165) is 27.8 Å². The number of phenolic OH excluding ortho intramolecular Hbond substituents is 1. The SMILES string of the molecule is CCCOC(=O)C(CCCCN)NP(=O)(COc1cc(C)c(Cc2ccc(O)c(C(C)C)c2)c(C)c1)NC(CCCCN)C(=O)OCCC. The molecule has 0 fully saturated rings. The first kappa shape index (κ1) is 42.2. The van der Waals surface area contributed by atoms with E-state index in [1.165, 1.54) is 0 Å². The summed E-state index contributed by atoms with van der Waals surface area (Å²) in [7, 11) is -3.79. The predicted molar refractivity (Wildman–Crippen MR) is 196 cm³/mol. The average molecular weight is 705 g/mol. The maximum atomic E-state index is 14.8. The van der Waals surface area contributed by atoms with Crippen LogP contribution >= 0.6 is 7.44 Å². The zero-order chi connectivity index (χ0) is 36.4. The minimum absolute atomic E-state index is 0.193. The first-order valence-electron chi connectivity index (χ1n) is 17.8. The molecule has 0 aromatic heterocycles. The van der Waals surface area contributed by atoms with Crippen molar-refractivity contribution in [3.05, 3.63) is 58.1 Å². The van der Waals surface area contributed by atoms with E-state index in [1.807, 2.05) is 52.0 Å². The molecule has 2 aromatic rings. The van der Waals surface area contributed by atoms with Crippen LogP contribution in [0.2, 0.25) is 0 Å². The normalized spacial score (nSPS) is 13.9. The molecule has 7 N–H and O–H groups in total. The molecule has 0 aliphatic rings. The molecule has 0 aliphatic carbocycles. The van der Waals surface area contributed by atoms with Gasteiger partial charge in [-0.25, -0.2) is 10.2 Å². The van der Waals surface area contributed by atoms with E-state index in [-0.39, 0.29) is 25.5 Å². The van der Waals surface area contributed by atoms with E-state index >= 15 is 0 Å². The molecule has 0 amide bonds. The Kier molecular flexibility index (Phi) is 18.9. The highest BCUT2D eigenvalue weighted by atomic mass is 31.2. The van der Waals surface area contributed by atoms with Crippen LogP contribution in [0.3, 0.4) is 0 Å². The number of hydrogen-bond donors (Lipinski definition) is 5. The number of aryl methyl sites for hydroxylation is 2. The lowest BCUT2D eigenvalue weighted by Gasteiger charge is -2.29. The Balaban J connectivity index is 2.41. The van der Waals surface area contributed by atoms with Crippen LogP contribution in [-0.4, -0.2) is 61.8 Å². The molecule has 0 radical (unpaired) electrons. The number of phenols is 1. The van der Waals surface area contributed by atoms with Crippen molar-refractivity contribution in [1.82, 2.24) is 10.2 Å². The summed E-state index contributed by atoms with van der Waals surface area (Å²) in [5.74, 6) is -0.0286. The Morgan fingerprint density at radius 1 is 0.837 bits per heavy atom. The zero-order valence-electron chi connectivity index (χ0n) is 30.5. The first-order chi connectivity index (χ1) is 23.4. The molecule has 2 unspecified atom stereocenters. The first-order valence-corrected chi connectivity index (χ1v) is 19.7. The van der Waals surface area contributed by atoms with Crippen LogP contribution in [0.15, 0.2) is 30.3 Å². The molecular formula is C37H61N4O7P. The largest absolute Gasteiger partial charge is 0.508 e. The molecule has 2 rings (SSSR count). The van der Waals surface area contributed by atoms with Crippen molar-refractivity contribution in [2.45, 2.75) is 117 Å². The number of esters is 2. The topological polar surface area (TPSA) is 175 Å². The van der Waals surface area contributed by atoms with Gasteiger partial charge < -0.3 is 30.8 Å². The van der Waals surface area contributed by atoms with E-state index in [4.69, 9.17) is 25.7 Å². The number of aromatic hydroxyl groups is 1. The summed E-state index contributed by atoms with van der Waals surface area (Å²) in [6.45, 7) is 13.3. The smallest absolute Gasteiger partial charge is 0.323 e. The number of nitrogens with one attached hydrogen (secondary N) is 2. The minimum Gasteiger partial charge on any atom is -0.508 e. The number of nitrogens with two attached hydrogens (primary N) is 2. The van der Waals surface area contributed by atoms with Crippen LogP contribution < -0.4 is 26.4 Å². The monoisotopic (exact) mass is 704 g/mol. The van der Waals surface area contributed by atoms with E-state index in [1.54, 1.807) is 6.07 Å². The van der Waals surface area contributed by atoms with Crippen molar-refractivity contribution in [2.75, 3.05) is 32.7 Å². The van der Waals surface area contributed by atoms with Crippen LogP contribution in [0.25, 0.3) is 0 Å². The summed E-state index contributed by atoms with van der Waals surface area (Å²) >= 11 is 0. The third-order valence-corrected chi connectivity index (χ3v) is 10.2. The number of ether oxygens (including phenoxy) is 3. The zero-order valence-corrected chi connectivity index (χ0v) is 31.4. The van der Waals surface area contributed by atoms with Gasteiger partial charge >= 0.3 is 11.9 Å². The maximum absolute atomic E-state index is 14.8. The summed E-state index contributed by atoms with van der Waals surface area (Å²) in [5.41, 5.74) is 16.5. The summed E-state index contributed by atoms with van der Waals surface area (Å²) < 4.78 is 31.9. The second kappa shape index (κ2) is 22.0. The fraction of sp³-hybridized carbons (Fsp3) is 0.622. The Labute approximate surface area is 293 Å². The van der Waals surface area contributed by atoms with Gasteiger partial charge in [-0.2, -0.15) is 0 Å². The van der Waals surface area contributed by atoms with Crippen LogP contribution in [-0.2, 0) is 30.0 Å². The lowest BCUT2D eigenvalue weighted by atomic mass is 9.93. The van der Waals surface area contributed by atoms with E-state index < -0.39 is 31.5 Å². The molecule has 49 heavy (non-hydrogen) atoms. The van der Waals surface area contributed by atoms with Crippen LogP contribution in [0.1, 0.15) is 113 Å². The molecule has 0 saturated carbocycles. The third-order valence-electron chi connectivity index (χ3n) is 8.27. The van der Waals surface area contributed by atoms with Gasteiger partial charge in [-0.3, -0.25) is 14.2 Å². The molecule has 0 saturated heterocycles. The van der Waals surface area contributed by atoms with Gasteiger partial charge in [0.1, 0.15) is 23.6 Å². The van der Waals surface area contributed by atoms with Gasteiger partial charge in [0.05, 0.1) is 13.2 Å². The number of hydrogen-bond acceptors (Lipinski definition) is 9. The fourth-order valence-corrected chi connectivity index (χ4v) is 7.57. The second-order valence-electron chi connectivity index (χ2n) is 13.0. The molecule has 2 atom stereocenters. The molecule has 11 nitrogen and oxygen atoms in total. The van der Waals surface area contributed by atoms with Gasteiger partial charge in [0.15, 0.2) is 6.35 Å². The van der Waals surface area contributed by atoms with Gasteiger partial charge in [0, 0.05) is 0 Å². The maximum Gasteiger partial charge on any atom is 0.323 e. The number of carbonyl (C=O) groups excluding carboxylic acids is 2. The van der Waals surface area contributed by atoms with Crippen molar-refractivity contribution >= 4 is 19.4 Å². The quantitative estimate of drug-likeness (QED) is 0.0469.